The summed E-state index contributed by atoms with van der Waals surface area (Å²) in [5.74, 6) is -1.19. The van der Waals surface area contributed by atoms with Crippen molar-refractivity contribution in [2.75, 3.05) is 16.8 Å². The van der Waals surface area contributed by atoms with Crippen molar-refractivity contribution in [1.82, 2.24) is 0 Å². The number of nitrogens with zero attached hydrogens (tertiary/aromatic N) is 2. The molecule has 1 atom stereocenters. The second kappa shape index (κ2) is 8.95. The van der Waals surface area contributed by atoms with Gasteiger partial charge in [-0.05, 0) is 44.4 Å². The number of nitriles is 1. The zero-order chi connectivity index (χ0) is 21.8. The zero-order valence-electron chi connectivity index (χ0n) is 17.4. The van der Waals surface area contributed by atoms with Gasteiger partial charge in [0.25, 0.3) is 0 Å². The molecule has 1 N–H and O–H groups in total. The van der Waals surface area contributed by atoms with Crippen molar-refractivity contribution in [3.63, 3.8) is 0 Å². The van der Waals surface area contributed by atoms with Crippen LogP contribution < -0.4 is 10.2 Å². The molecule has 7 heteroatoms. The minimum absolute atomic E-state index is 0.0113. The van der Waals surface area contributed by atoms with Crippen LogP contribution in [0.3, 0.4) is 0 Å². The van der Waals surface area contributed by atoms with Crippen LogP contribution in [0.4, 0.5) is 11.6 Å². The molecule has 1 fully saturated rings. The Morgan fingerprint density at radius 2 is 2.00 bits per heavy atom. The molecular weight excluding hydrogens is 382 g/mol. The molecule has 0 aliphatic carbocycles. The van der Waals surface area contributed by atoms with E-state index in [-0.39, 0.29) is 47.4 Å². The number of hydrogen-bond acceptors (Lipinski definition) is 5. The molecule has 1 aliphatic rings. The summed E-state index contributed by atoms with van der Waals surface area (Å²) in [6, 6.07) is 9.76. The van der Waals surface area contributed by atoms with E-state index in [1.807, 2.05) is 30.3 Å². The minimum atomic E-state index is -0.574. The third-order valence-corrected chi connectivity index (χ3v) is 5.35. The van der Waals surface area contributed by atoms with Crippen molar-refractivity contribution >= 4 is 29.2 Å². The highest BCUT2D eigenvalue weighted by Gasteiger charge is 2.36. The number of aryl methyl sites for hydroxylation is 2. The SMILES string of the molecule is CCCCc1ccc(N2CC(C(=O)Nc3oc(C)c(C(C)=O)c3C#N)CC2=O)cc1. The third kappa shape index (κ3) is 4.28. The molecule has 3 rings (SSSR count). The highest BCUT2D eigenvalue weighted by atomic mass is 16.4. The first-order chi connectivity index (χ1) is 14.3. The number of nitrogens with one attached hydrogen (secondary N) is 1. The molecule has 156 valence electrons. The van der Waals surface area contributed by atoms with Crippen molar-refractivity contribution in [2.24, 2.45) is 5.92 Å². The van der Waals surface area contributed by atoms with Crippen molar-refractivity contribution in [3.05, 3.63) is 46.7 Å². The van der Waals surface area contributed by atoms with Crippen LogP contribution in [0.15, 0.2) is 28.7 Å². The van der Waals surface area contributed by atoms with E-state index in [1.54, 1.807) is 11.8 Å². The fraction of sp³-hybridized carbons (Fsp3) is 0.391. The van der Waals surface area contributed by atoms with Gasteiger partial charge < -0.3 is 9.32 Å². The summed E-state index contributed by atoms with van der Waals surface area (Å²) in [7, 11) is 0. The lowest BCUT2D eigenvalue weighted by atomic mass is 10.1. The van der Waals surface area contributed by atoms with Crippen LogP contribution in [-0.2, 0) is 16.0 Å². The van der Waals surface area contributed by atoms with Crippen LogP contribution in [0.1, 0.15) is 60.4 Å². The van der Waals surface area contributed by atoms with E-state index in [0.717, 1.165) is 24.9 Å². The minimum Gasteiger partial charge on any atom is -0.443 e. The number of hydrogen-bond donors (Lipinski definition) is 1. The first kappa shape index (κ1) is 21.3. The van der Waals surface area contributed by atoms with E-state index in [2.05, 4.69) is 12.2 Å². The average Bonchev–Trinajstić information content (AvgIpc) is 3.26. The Labute approximate surface area is 175 Å². The van der Waals surface area contributed by atoms with Crippen molar-refractivity contribution in [1.29, 1.82) is 5.26 Å². The molecule has 2 heterocycles. The number of unbranched alkanes of at least 4 members (excludes halogenated alkanes) is 1. The predicted molar refractivity (Wildman–Crippen MR) is 112 cm³/mol. The molecule has 1 aliphatic heterocycles. The van der Waals surface area contributed by atoms with E-state index in [4.69, 9.17) is 4.42 Å². The van der Waals surface area contributed by atoms with Crippen LogP contribution in [0.5, 0.6) is 0 Å². The van der Waals surface area contributed by atoms with E-state index in [1.165, 1.54) is 12.5 Å². The molecule has 1 aromatic carbocycles. The zero-order valence-corrected chi connectivity index (χ0v) is 17.4. The number of furan rings is 1. The number of benzene rings is 1. The number of amides is 2. The molecule has 0 bridgehead atoms. The highest BCUT2D eigenvalue weighted by Crippen LogP contribution is 2.30. The Balaban J connectivity index is 1.71. The smallest absolute Gasteiger partial charge is 0.232 e. The van der Waals surface area contributed by atoms with Gasteiger partial charge in [0.05, 0.1) is 11.5 Å². The fourth-order valence-corrected chi connectivity index (χ4v) is 3.73. The first-order valence-corrected chi connectivity index (χ1v) is 10.1. The number of ketones is 1. The van der Waals surface area contributed by atoms with Gasteiger partial charge in [-0.1, -0.05) is 25.5 Å². The van der Waals surface area contributed by atoms with Gasteiger partial charge in [-0.15, -0.1) is 0 Å². The summed E-state index contributed by atoms with van der Waals surface area (Å²) in [6.45, 7) is 5.30. The van der Waals surface area contributed by atoms with Gasteiger partial charge in [0.1, 0.15) is 17.4 Å². The van der Waals surface area contributed by atoms with E-state index < -0.39 is 11.8 Å². The topological polar surface area (TPSA) is 103 Å². The maximum Gasteiger partial charge on any atom is 0.232 e. The van der Waals surface area contributed by atoms with Gasteiger partial charge in [0.15, 0.2) is 5.78 Å². The van der Waals surface area contributed by atoms with Crippen LogP contribution in [0.2, 0.25) is 0 Å². The van der Waals surface area contributed by atoms with Crippen molar-refractivity contribution in [2.45, 2.75) is 46.5 Å². The molecule has 30 heavy (non-hydrogen) atoms. The highest BCUT2D eigenvalue weighted by molar-refractivity contribution is 6.05. The fourth-order valence-electron chi connectivity index (χ4n) is 3.73. The molecule has 2 amide bonds. The molecular formula is C23H25N3O4. The average molecular weight is 407 g/mol. The summed E-state index contributed by atoms with van der Waals surface area (Å²) in [5, 5.41) is 12.0. The van der Waals surface area contributed by atoms with Gasteiger partial charge >= 0.3 is 0 Å². The van der Waals surface area contributed by atoms with Gasteiger partial charge in [0.2, 0.25) is 17.7 Å². The standard InChI is InChI=1S/C23H25N3O4/c1-4-5-6-16-7-9-18(10-8-16)26-13-17(11-20(26)28)22(29)25-23-19(12-24)21(14(2)27)15(3)30-23/h7-10,17H,4-6,11,13H2,1-3H3,(H,25,29). The second-order valence-corrected chi connectivity index (χ2v) is 7.57. The number of anilines is 2. The van der Waals surface area contributed by atoms with Crippen molar-refractivity contribution < 1.29 is 18.8 Å². The van der Waals surface area contributed by atoms with E-state index in [0.29, 0.717) is 0 Å². The van der Waals surface area contributed by atoms with Crippen LogP contribution in [0.25, 0.3) is 0 Å². The Hall–Kier alpha value is -3.40. The molecule has 2 aromatic rings. The summed E-state index contributed by atoms with van der Waals surface area (Å²) in [4.78, 5) is 38.6. The molecule has 0 radical (unpaired) electrons. The summed E-state index contributed by atoms with van der Waals surface area (Å²) in [6.07, 6.45) is 3.32. The van der Waals surface area contributed by atoms with Gasteiger partial charge in [-0.25, -0.2) is 0 Å². The largest absolute Gasteiger partial charge is 0.443 e. The monoisotopic (exact) mass is 407 g/mol. The second-order valence-electron chi connectivity index (χ2n) is 7.57. The number of rotatable bonds is 7. The number of Topliss-reactive ketones (excluding diaryl/α,β-unsaturated/α-hetero) is 1. The van der Waals surface area contributed by atoms with Gasteiger partial charge in [-0.3, -0.25) is 19.7 Å². The summed E-state index contributed by atoms with van der Waals surface area (Å²) < 4.78 is 5.44. The van der Waals surface area contributed by atoms with E-state index in [9.17, 15) is 19.6 Å². The summed E-state index contributed by atoms with van der Waals surface area (Å²) in [5.41, 5.74) is 2.17. The maximum atomic E-state index is 12.7. The van der Waals surface area contributed by atoms with Crippen LogP contribution >= 0.6 is 0 Å². The maximum absolute atomic E-state index is 12.7. The van der Waals surface area contributed by atoms with Crippen molar-refractivity contribution in [3.8, 4) is 6.07 Å². The van der Waals surface area contributed by atoms with Gasteiger partial charge in [-0.2, -0.15) is 5.26 Å². The molecule has 0 spiro atoms. The quantitative estimate of drug-likeness (QED) is 0.699. The Morgan fingerprint density at radius 3 is 2.60 bits per heavy atom. The van der Waals surface area contributed by atoms with Crippen LogP contribution in [-0.4, -0.2) is 24.1 Å². The lowest BCUT2D eigenvalue weighted by molar-refractivity contribution is -0.122. The molecule has 1 unspecified atom stereocenters. The molecule has 1 aromatic heterocycles. The Kier molecular flexibility index (Phi) is 6.36. The molecule has 7 nitrogen and oxygen atoms in total. The lowest BCUT2D eigenvalue weighted by Gasteiger charge is -2.17. The predicted octanol–water partition coefficient (Wildman–Crippen LogP) is 4.00. The molecule has 1 saturated heterocycles. The Morgan fingerprint density at radius 1 is 1.30 bits per heavy atom. The Bertz CT molecular complexity index is 1010. The molecule has 0 saturated carbocycles. The van der Waals surface area contributed by atoms with E-state index >= 15 is 0 Å². The summed E-state index contributed by atoms with van der Waals surface area (Å²) >= 11 is 0. The van der Waals surface area contributed by atoms with Crippen LogP contribution in [0, 0.1) is 24.2 Å². The third-order valence-electron chi connectivity index (χ3n) is 5.35. The number of carbonyl (C=O) groups is 3. The number of carbonyl (C=O) groups excluding carboxylic acids is 3. The normalized spacial score (nSPS) is 15.9. The first-order valence-electron chi connectivity index (χ1n) is 10.1. The lowest BCUT2D eigenvalue weighted by Crippen LogP contribution is -2.28. The van der Waals surface area contributed by atoms with Gasteiger partial charge in [0, 0.05) is 18.7 Å².